The van der Waals surface area contributed by atoms with E-state index in [1.807, 2.05) is 0 Å². The van der Waals surface area contributed by atoms with Crippen LogP contribution in [0.5, 0.6) is 0 Å². The molecule has 1 fully saturated rings. The maximum absolute atomic E-state index is 14.0. The van der Waals surface area contributed by atoms with Crippen molar-refractivity contribution in [3.8, 4) is 11.1 Å². The van der Waals surface area contributed by atoms with Gasteiger partial charge in [-0.1, -0.05) is 27.4 Å². The third-order valence-electron chi connectivity index (χ3n) is 4.84. The third kappa shape index (κ3) is 4.15. The number of carbonyl (C=O) groups is 1. The molecule has 3 aromatic rings. The fraction of sp³-hybridized carbons (Fsp3) is 0.200. The van der Waals surface area contributed by atoms with Gasteiger partial charge in [0.25, 0.3) is 0 Å². The van der Waals surface area contributed by atoms with E-state index in [4.69, 9.17) is 0 Å². The zero-order valence-corrected chi connectivity index (χ0v) is 17.8. The van der Waals surface area contributed by atoms with E-state index in [0.29, 0.717) is 42.1 Å². The summed E-state index contributed by atoms with van der Waals surface area (Å²) in [4.78, 5) is 19.8. The molecule has 0 bridgehead atoms. The number of amides is 2. The van der Waals surface area contributed by atoms with Gasteiger partial charge in [-0.15, -0.1) is 0 Å². The van der Waals surface area contributed by atoms with Gasteiger partial charge in [0.15, 0.2) is 9.34 Å². The second kappa shape index (κ2) is 7.97. The second-order valence-corrected chi connectivity index (χ2v) is 9.44. The number of rotatable bonds is 4. The molecule has 1 saturated heterocycles. The summed E-state index contributed by atoms with van der Waals surface area (Å²) in [5, 5.41) is 0.0990. The zero-order valence-electron chi connectivity index (χ0n) is 16.2. The van der Waals surface area contributed by atoms with E-state index >= 15 is 0 Å². The molecule has 0 N–H and O–H groups in total. The Morgan fingerprint density at radius 2 is 1.71 bits per heavy atom. The maximum atomic E-state index is 14.0. The highest BCUT2D eigenvalue weighted by Gasteiger charge is 2.32. The van der Waals surface area contributed by atoms with Crippen LogP contribution < -0.4 is 9.80 Å². The molecule has 4 rings (SSSR count). The van der Waals surface area contributed by atoms with E-state index in [9.17, 15) is 25.9 Å². The Morgan fingerprint density at radius 1 is 1.03 bits per heavy atom. The van der Waals surface area contributed by atoms with E-state index in [-0.39, 0.29) is 16.4 Å². The summed E-state index contributed by atoms with van der Waals surface area (Å²) in [6.07, 6.45) is 0.572. The molecule has 162 valence electrons. The van der Waals surface area contributed by atoms with Crippen LogP contribution in [0.4, 0.5) is 28.3 Å². The standard InChI is InChI=1S/C20H16F3N3O3S2/c1-12-18(31(23,28)29)30-19(24-12)26-10-2-9-25(20(26)27)15-6-3-13(4-7-15)16-11-14(21)5-8-17(16)22/h3-8,11H,2,9-10H2,1H3. The van der Waals surface area contributed by atoms with Crippen molar-refractivity contribution in [2.24, 2.45) is 0 Å². The molecule has 31 heavy (non-hydrogen) atoms. The number of hydrogen-bond acceptors (Lipinski definition) is 5. The number of carbonyl (C=O) groups excluding carboxylic acids is 1. The molecule has 11 heteroatoms. The Hall–Kier alpha value is -2.92. The van der Waals surface area contributed by atoms with E-state index < -0.39 is 32.1 Å². The van der Waals surface area contributed by atoms with Crippen LogP contribution in [-0.4, -0.2) is 32.5 Å². The lowest BCUT2D eigenvalue weighted by molar-refractivity contribution is 0.248. The molecule has 6 nitrogen and oxygen atoms in total. The van der Waals surface area contributed by atoms with Crippen LogP contribution in [0, 0.1) is 18.6 Å². The number of anilines is 2. The third-order valence-corrected chi connectivity index (χ3v) is 7.40. The molecule has 2 aromatic carbocycles. The number of nitrogens with zero attached hydrogens (tertiary/aromatic N) is 3. The van der Waals surface area contributed by atoms with Crippen LogP contribution in [-0.2, 0) is 10.2 Å². The summed E-state index contributed by atoms with van der Waals surface area (Å²) in [5.74, 6) is -1.12. The fourth-order valence-corrected chi connectivity index (χ4v) is 5.23. The average molecular weight is 467 g/mol. The minimum atomic E-state index is -4.93. The summed E-state index contributed by atoms with van der Waals surface area (Å²) in [5.41, 5.74) is 1.09. The molecule has 2 amide bonds. The average Bonchev–Trinajstić information content (AvgIpc) is 3.12. The molecule has 0 saturated carbocycles. The Bertz CT molecular complexity index is 1260. The minimum Gasteiger partial charge on any atom is -0.294 e. The van der Waals surface area contributed by atoms with Gasteiger partial charge < -0.3 is 0 Å². The number of benzene rings is 2. The van der Waals surface area contributed by atoms with Crippen LogP contribution in [0.15, 0.2) is 46.7 Å². The van der Waals surface area contributed by atoms with E-state index in [2.05, 4.69) is 4.98 Å². The van der Waals surface area contributed by atoms with Gasteiger partial charge in [0.1, 0.15) is 11.6 Å². The molecule has 1 aliphatic heterocycles. The first-order chi connectivity index (χ1) is 14.6. The van der Waals surface area contributed by atoms with Crippen molar-refractivity contribution >= 4 is 38.4 Å². The van der Waals surface area contributed by atoms with Crippen molar-refractivity contribution in [3.05, 3.63) is 59.8 Å². The maximum Gasteiger partial charge on any atom is 0.343 e. The summed E-state index contributed by atoms with van der Waals surface area (Å²) in [6, 6.07) is 9.14. The quantitative estimate of drug-likeness (QED) is 0.512. The van der Waals surface area contributed by atoms with Gasteiger partial charge in [-0.2, -0.15) is 8.42 Å². The fourth-order valence-electron chi connectivity index (χ4n) is 3.39. The Morgan fingerprint density at radius 3 is 2.35 bits per heavy atom. The first-order valence-electron chi connectivity index (χ1n) is 9.22. The topological polar surface area (TPSA) is 70.6 Å². The largest absolute Gasteiger partial charge is 0.343 e. The molecule has 0 spiro atoms. The first-order valence-corrected chi connectivity index (χ1v) is 11.4. The molecule has 1 aliphatic rings. The van der Waals surface area contributed by atoms with Crippen LogP contribution >= 0.6 is 11.3 Å². The predicted molar refractivity (Wildman–Crippen MR) is 112 cm³/mol. The van der Waals surface area contributed by atoms with Gasteiger partial charge in [-0.05, 0) is 49.2 Å². The molecular formula is C20H16F3N3O3S2. The summed E-state index contributed by atoms with van der Waals surface area (Å²) in [6.45, 7) is 2.07. The number of halogens is 3. The Kier molecular flexibility index (Phi) is 5.48. The number of aromatic nitrogens is 1. The lowest BCUT2D eigenvalue weighted by Crippen LogP contribution is -2.49. The van der Waals surface area contributed by atoms with Gasteiger partial charge in [-0.3, -0.25) is 9.80 Å². The SMILES string of the molecule is Cc1nc(N2CCCN(c3ccc(-c4cc(F)ccc4F)cc3)C2=O)sc1S(=O)(=O)F. The lowest BCUT2D eigenvalue weighted by Gasteiger charge is -2.34. The highest BCUT2D eigenvalue weighted by Crippen LogP contribution is 2.34. The number of aryl methyl sites for hydroxylation is 1. The molecule has 2 heterocycles. The Balaban J connectivity index is 1.61. The normalized spacial score (nSPS) is 14.9. The predicted octanol–water partition coefficient (Wildman–Crippen LogP) is 4.89. The van der Waals surface area contributed by atoms with Crippen LogP contribution in [0.3, 0.4) is 0 Å². The summed E-state index contributed by atoms with van der Waals surface area (Å²) in [7, 11) is -4.93. The molecule has 1 aromatic heterocycles. The van der Waals surface area contributed by atoms with Gasteiger partial charge >= 0.3 is 16.3 Å². The van der Waals surface area contributed by atoms with Crippen molar-refractivity contribution in [2.45, 2.75) is 17.6 Å². The lowest BCUT2D eigenvalue weighted by atomic mass is 10.0. The molecular weight excluding hydrogens is 451 g/mol. The van der Waals surface area contributed by atoms with Crippen molar-refractivity contribution in [2.75, 3.05) is 22.9 Å². The van der Waals surface area contributed by atoms with Gasteiger partial charge in [0.05, 0.1) is 5.69 Å². The van der Waals surface area contributed by atoms with E-state index in [1.165, 1.54) is 16.7 Å². The second-order valence-electron chi connectivity index (χ2n) is 6.92. The van der Waals surface area contributed by atoms with Crippen LogP contribution in [0.2, 0.25) is 0 Å². The first kappa shape index (κ1) is 21.3. The number of hydrogen-bond donors (Lipinski definition) is 0. The minimum absolute atomic E-state index is 0.00565. The number of thiazole rings is 1. The highest BCUT2D eigenvalue weighted by atomic mass is 32.3. The molecule has 0 radical (unpaired) electrons. The van der Waals surface area contributed by atoms with Crippen LogP contribution in [0.25, 0.3) is 11.1 Å². The van der Waals surface area contributed by atoms with Gasteiger partial charge in [0, 0.05) is 24.3 Å². The molecule has 0 atom stereocenters. The summed E-state index contributed by atoms with van der Waals surface area (Å²) < 4.78 is 62.9. The summed E-state index contributed by atoms with van der Waals surface area (Å²) >= 11 is 0.604. The monoisotopic (exact) mass is 467 g/mol. The highest BCUT2D eigenvalue weighted by molar-refractivity contribution is 7.88. The van der Waals surface area contributed by atoms with Crippen molar-refractivity contribution in [1.29, 1.82) is 0 Å². The van der Waals surface area contributed by atoms with Crippen molar-refractivity contribution in [1.82, 2.24) is 4.98 Å². The molecule has 0 unspecified atom stereocenters. The van der Waals surface area contributed by atoms with Gasteiger partial charge in [-0.25, -0.2) is 18.6 Å². The molecule has 0 aliphatic carbocycles. The van der Waals surface area contributed by atoms with Crippen molar-refractivity contribution in [3.63, 3.8) is 0 Å². The van der Waals surface area contributed by atoms with Gasteiger partial charge in [0.2, 0.25) is 0 Å². The van der Waals surface area contributed by atoms with Crippen molar-refractivity contribution < 1.29 is 25.9 Å². The Labute approximate surface area is 180 Å². The number of urea groups is 1. The van der Waals surface area contributed by atoms with E-state index in [0.717, 1.165) is 18.2 Å². The van der Waals surface area contributed by atoms with Crippen LogP contribution in [0.1, 0.15) is 12.1 Å². The smallest absolute Gasteiger partial charge is 0.294 e. The van der Waals surface area contributed by atoms with E-state index in [1.54, 1.807) is 24.3 Å². The zero-order chi connectivity index (χ0) is 22.3.